The number of carbonyl (C=O) groups excluding carboxylic acids is 1. The van der Waals surface area contributed by atoms with Crippen LogP contribution in [0.25, 0.3) is 0 Å². The molecular formula is C16H26N4O5S. The molecule has 1 aromatic rings. The van der Waals surface area contributed by atoms with Crippen LogP contribution in [-0.2, 0) is 25.2 Å². The number of aromatic nitrogens is 2. The van der Waals surface area contributed by atoms with Crippen molar-refractivity contribution < 1.29 is 23.1 Å². The van der Waals surface area contributed by atoms with Gasteiger partial charge in [-0.3, -0.25) is 9.48 Å². The van der Waals surface area contributed by atoms with Gasteiger partial charge in [0.15, 0.2) is 5.54 Å². The molecule has 0 bridgehead atoms. The van der Waals surface area contributed by atoms with Gasteiger partial charge in [0.05, 0.1) is 17.6 Å². The predicted molar refractivity (Wildman–Crippen MR) is 96.2 cm³/mol. The molecule has 10 heteroatoms. The lowest BCUT2D eigenvalue weighted by Gasteiger charge is -2.33. The highest BCUT2D eigenvalue weighted by Crippen LogP contribution is 2.23. The molecule has 2 heterocycles. The van der Waals surface area contributed by atoms with Crippen LogP contribution in [-0.4, -0.2) is 57.8 Å². The van der Waals surface area contributed by atoms with E-state index >= 15 is 0 Å². The van der Waals surface area contributed by atoms with Crippen molar-refractivity contribution in [2.75, 3.05) is 17.6 Å². The van der Waals surface area contributed by atoms with E-state index in [0.29, 0.717) is 25.1 Å². The lowest BCUT2D eigenvalue weighted by Crippen LogP contribution is -2.50. The molecule has 26 heavy (non-hydrogen) atoms. The van der Waals surface area contributed by atoms with Gasteiger partial charge in [-0.1, -0.05) is 13.3 Å². The molecule has 1 aromatic heterocycles. The minimum Gasteiger partial charge on any atom is -0.479 e. The third kappa shape index (κ3) is 4.24. The second-order valence-electron chi connectivity index (χ2n) is 6.97. The smallest absolute Gasteiger partial charge is 0.331 e. The molecule has 2 rings (SSSR count). The Balaban J connectivity index is 2.16. The van der Waals surface area contributed by atoms with E-state index in [1.807, 2.05) is 0 Å². The van der Waals surface area contributed by atoms with Gasteiger partial charge in [0.2, 0.25) is 15.9 Å². The number of carbonyl (C=O) groups is 2. The van der Waals surface area contributed by atoms with Crippen LogP contribution in [0.15, 0.2) is 12.4 Å². The van der Waals surface area contributed by atoms with Crippen LogP contribution in [0.1, 0.15) is 46.5 Å². The van der Waals surface area contributed by atoms with Crippen molar-refractivity contribution in [1.82, 2.24) is 14.1 Å². The molecule has 146 valence electrons. The van der Waals surface area contributed by atoms with Gasteiger partial charge in [-0.25, -0.2) is 13.2 Å². The van der Waals surface area contributed by atoms with Crippen molar-refractivity contribution in [3.05, 3.63) is 12.4 Å². The summed E-state index contributed by atoms with van der Waals surface area (Å²) in [5.74, 6) is -1.46. The molecule has 0 saturated carbocycles. The summed E-state index contributed by atoms with van der Waals surface area (Å²) in [6, 6.07) is -0.754. The summed E-state index contributed by atoms with van der Waals surface area (Å²) in [5.41, 5.74) is -0.924. The third-order valence-corrected chi connectivity index (χ3v) is 6.60. The van der Waals surface area contributed by atoms with Crippen LogP contribution in [0.5, 0.6) is 0 Å². The van der Waals surface area contributed by atoms with E-state index in [1.165, 1.54) is 35.2 Å². The van der Waals surface area contributed by atoms with Crippen molar-refractivity contribution in [3.8, 4) is 0 Å². The predicted octanol–water partition coefficient (Wildman–Crippen LogP) is 1.24. The number of nitrogens with one attached hydrogen (secondary N) is 1. The van der Waals surface area contributed by atoms with Gasteiger partial charge in [-0.05, 0) is 33.1 Å². The second kappa shape index (κ2) is 7.75. The second-order valence-corrected chi connectivity index (χ2v) is 9.01. The molecule has 2 N–H and O–H groups in total. The summed E-state index contributed by atoms with van der Waals surface area (Å²) in [4.78, 5) is 23.9. The number of nitrogens with zero attached hydrogens (tertiary/aromatic N) is 3. The lowest BCUT2D eigenvalue weighted by molar-refractivity contribution is -0.146. The average molecular weight is 386 g/mol. The molecule has 0 aliphatic carbocycles. The Morgan fingerprint density at radius 2 is 2.08 bits per heavy atom. The Bertz CT molecular complexity index is 771. The number of hydrogen-bond donors (Lipinski definition) is 2. The zero-order chi connectivity index (χ0) is 19.5. The quantitative estimate of drug-likeness (QED) is 0.727. The first-order valence-corrected chi connectivity index (χ1v) is 10.3. The van der Waals surface area contributed by atoms with E-state index in [9.17, 15) is 23.1 Å². The first-order chi connectivity index (χ1) is 12.1. The van der Waals surface area contributed by atoms with Gasteiger partial charge in [0.1, 0.15) is 6.04 Å². The Hall–Kier alpha value is -1.94. The summed E-state index contributed by atoms with van der Waals surface area (Å²) >= 11 is 0. The number of hydrogen-bond acceptors (Lipinski definition) is 5. The monoisotopic (exact) mass is 386 g/mol. The van der Waals surface area contributed by atoms with Crippen molar-refractivity contribution >= 4 is 27.6 Å². The van der Waals surface area contributed by atoms with E-state index in [1.54, 1.807) is 6.92 Å². The maximum atomic E-state index is 12.7. The number of anilines is 1. The summed E-state index contributed by atoms with van der Waals surface area (Å²) in [6.07, 6.45) is 5.25. The molecule has 0 spiro atoms. The highest BCUT2D eigenvalue weighted by Gasteiger charge is 2.36. The standard InChI is InChI=1S/C16H26N4O5S/c1-4-9-26(24,25)19-8-6-5-7-13(19)14(21)18-12-10-17-20(11-12)16(2,3)15(22)23/h10-11,13H,4-9H2,1-3H3,(H,18,21)(H,22,23). The average Bonchev–Trinajstić information content (AvgIpc) is 3.04. The summed E-state index contributed by atoms with van der Waals surface area (Å²) in [7, 11) is -3.48. The van der Waals surface area contributed by atoms with Crippen LogP contribution in [0.2, 0.25) is 0 Å². The zero-order valence-electron chi connectivity index (χ0n) is 15.3. The van der Waals surface area contributed by atoms with E-state index in [4.69, 9.17) is 0 Å². The number of rotatable bonds is 7. The van der Waals surface area contributed by atoms with Gasteiger partial charge in [0, 0.05) is 12.7 Å². The number of aliphatic carboxylic acids is 1. The van der Waals surface area contributed by atoms with E-state index in [-0.39, 0.29) is 5.75 Å². The lowest BCUT2D eigenvalue weighted by atomic mass is 10.0. The maximum absolute atomic E-state index is 12.7. The molecule has 1 aliphatic rings. The normalized spacial score (nSPS) is 19.3. The molecule has 9 nitrogen and oxygen atoms in total. The molecule has 1 saturated heterocycles. The van der Waals surface area contributed by atoms with Crippen LogP contribution in [0.4, 0.5) is 5.69 Å². The molecule has 1 amide bonds. The van der Waals surface area contributed by atoms with Crippen LogP contribution >= 0.6 is 0 Å². The largest absolute Gasteiger partial charge is 0.479 e. The van der Waals surface area contributed by atoms with E-state index < -0.39 is 33.5 Å². The zero-order valence-corrected chi connectivity index (χ0v) is 16.1. The number of piperidine rings is 1. The number of sulfonamides is 1. The van der Waals surface area contributed by atoms with Crippen molar-refractivity contribution in [1.29, 1.82) is 0 Å². The molecule has 0 radical (unpaired) electrons. The van der Waals surface area contributed by atoms with E-state index in [0.717, 1.165) is 12.8 Å². The molecule has 0 aromatic carbocycles. The summed E-state index contributed by atoms with van der Waals surface area (Å²) in [6.45, 7) is 5.11. The SMILES string of the molecule is CCCS(=O)(=O)N1CCCCC1C(=O)Nc1cnn(C(C)(C)C(=O)O)c1. The molecule has 1 unspecified atom stereocenters. The van der Waals surface area contributed by atoms with Gasteiger partial charge in [-0.15, -0.1) is 0 Å². The highest BCUT2D eigenvalue weighted by molar-refractivity contribution is 7.89. The van der Waals surface area contributed by atoms with Crippen LogP contribution in [0, 0.1) is 0 Å². The summed E-state index contributed by atoms with van der Waals surface area (Å²) < 4.78 is 27.4. The van der Waals surface area contributed by atoms with Crippen LogP contribution in [0.3, 0.4) is 0 Å². The molecule has 1 aliphatic heterocycles. The molecule has 1 atom stereocenters. The van der Waals surface area contributed by atoms with Crippen molar-refractivity contribution in [2.24, 2.45) is 0 Å². The van der Waals surface area contributed by atoms with Crippen LogP contribution < -0.4 is 5.32 Å². The summed E-state index contributed by atoms with van der Waals surface area (Å²) in [5, 5.41) is 15.9. The fourth-order valence-corrected chi connectivity index (χ4v) is 4.64. The Kier molecular flexibility index (Phi) is 6.07. The molecular weight excluding hydrogens is 360 g/mol. The number of carboxylic acids is 1. The first kappa shape index (κ1) is 20.4. The van der Waals surface area contributed by atoms with Gasteiger partial charge < -0.3 is 10.4 Å². The van der Waals surface area contributed by atoms with Crippen molar-refractivity contribution in [3.63, 3.8) is 0 Å². The number of amides is 1. The topological polar surface area (TPSA) is 122 Å². The fraction of sp³-hybridized carbons (Fsp3) is 0.688. The highest BCUT2D eigenvalue weighted by atomic mass is 32.2. The third-order valence-electron chi connectivity index (χ3n) is 4.52. The first-order valence-electron chi connectivity index (χ1n) is 8.68. The Labute approximate surface area is 153 Å². The Morgan fingerprint density at radius 3 is 2.69 bits per heavy atom. The minimum atomic E-state index is -3.48. The van der Waals surface area contributed by atoms with Crippen molar-refractivity contribution in [2.45, 2.75) is 58.0 Å². The Morgan fingerprint density at radius 1 is 1.38 bits per heavy atom. The van der Waals surface area contributed by atoms with Gasteiger partial charge in [0.25, 0.3) is 0 Å². The van der Waals surface area contributed by atoms with E-state index in [2.05, 4.69) is 10.4 Å². The number of carboxylic acid groups (broad SMARTS) is 1. The minimum absolute atomic E-state index is 0.0154. The van der Waals surface area contributed by atoms with Gasteiger partial charge >= 0.3 is 5.97 Å². The maximum Gasteiger partial charge on any atom is 0.331 e. The molecule has 1 fully saturated rings. The van der Waals surface area contributed by atoms with Gasteiger partial charge in [-0.2, -0.15) is 9.40 Å². The fourth-order valence-electron chi connectivity index (χ4n) is 2.89.